The molecule has 0 spiro atoms. The number of rotatable bonds is 4. The number of aryl methyl sites for hydroxylation is 1. The molecule has 7 nitrogen and oxygen atoms in total. The summed E-state index contributed by atoms with van der Waals surface area (Å²) in [5, 5.41) is 13.2. The van der Waals surface area contributed by atoms with Crippen molar-refractivity contribution in [3.63, 3.8) is 0 Å². The molecule has 4 N–H and O–H groups in total. The summed E-state index contributed by atoms with van der Waals surface area (Å²) in [5.41, 5.74) is 4.35. The lowest BCUT2D eigenvalue weighted by atomic mass is 10.0. The highest BCUT2D eigenvalue weighted by molar-refractivity contribution is 6.02. The summed E-state index contributed by atoms with van der Waals surface area (Å²) in [7, 11) is 1.97. The molecule has 0 aliphatic rings. The number of carbonyl (C=O) groups excluding carboxylic acids is 1. The monoisotopic (exact) mass is 364 g/mol. The van der Waals surface area contributed by atoms with Crippen LogP contribution in [0, 0.1) is 0 Å². The van der Waals surface area contributed by atoms with Crippen LogP contribution in [-0.2, 0) is 7.05 Å². The van der Waals surface area contributed by atoms with Crippen LogP contribution in [0.15, 0.2) is 42.9 Å². The number of amides is 1. The third kappa shape index (κ3) is 3.06. The van der Waals surface area contributed by atoms with Gasteiger partial charge in [0.25, 0.3) is 5.91 Å². The quantitative estimate of drug-likeness (QED) is 0.517. The van der Waals surface area contributed by atoms with Crippen molar-refractivity contribution in [2.45, 2.75) is 19.4 Å². The van der Waals surface area contributed by atoms with Crippen molar-refractivity contribution in [3.8, 4) is 11.3 Å². The SMILES string of the molecule is Cn1cc(-c2c[nH+]c3[nH]ccc3n2)c2cc(C(=O)NC(C)(C)CO)ccc21. The van der Waals surface area contributed by atoms with Crippen molar-refractivity contribution in [3.05, 3.63) is 48.4 Å². The van der Waals surface area contributed by atoms with E-state index in [1.54, 1.807) is 19.9 Å². The summed E-state index contributed by atoms with van der Waals surface area (Å²) >= 11 is 0. The van der Waals surface area contributed by atoms with Crippen LogP contribution in [0.3, 0.4) is 0 Å². The molecule has 4 rings (SSSR count). The number of fused-ring (bicyclic) bond motifs is 2. The lowest BCUT2D eigenvalue weighted by Crippen LogP contribution is -2.46. The smallest absolute Gasteiger partial charge is 0.303 e. The van der Waals surface area contributed by atoms with Gasteiger partial charge in [0.15, 0.2) is 5.52 Å². The minimum atomic E-state index is -0.679. The third-order valence-electron chi connectivity index (χ3n) is 4.69. The maximum Gasteiger partial charge on any atom is 0.303 e. The molecule has 0 saturated heterocycles. The summed E-state index contributed by atoms with van der Waals surface area (Å²) < 4.78 is 2.02. The fourth-order valence-corrected chi connectivity index (χ4v) is 3.17. The first-order chi connectivity index (χ1) is 12.9. The maximum absolute atomic E-state index is 12.6. The summed E-state index contributed by atoms with van der Waals surface area (Å²) in [5.74, 6) is -0.216. The molecule has 1 aromatic carbocycles. The molecule has 0 fully saturated rings. The molecule has 7 heteroatoms. The number of carbonyl (C=O) groups is 1. The number of H-pyrrole nitrogens is 2. The number of hydrogen-bond acceptors (Lipinski definition) is 3. The number of aliphatic hydroxyl groups is 1. The second-order valence-corrected chi connectivity index (χ2v) is 7.41. The van der Waals surface area contributed by atoms with Crippen molar-refractivity contribution in [2.24, 2.45) is 7.05 Å². The molecule has 3 aromatic heterocycles. The number of nitrogens with zero attached hydrogens (tertiary/aromatic N) is 2. The number of aromatic amines is 2. The van der Waals surface area contributed by atoms with Crippen LogP contribution in [0.2, 0.25) is 0 Å². The van der Waals surface area contributed by atoms with Crippen LogP contribution >= 0.6 is 0 Å². The van der Waals surface area contributed by atoms with E-state index in [4.69, 9.17) is 4.98 Å². The van der Waals surface area contributed by atoms with E-state index in [1.807, 2.05) is 48.4 Å². The molecule has 0 aliphatic heterocycles. The first kappa shape index (κ1) is 17.2. The molecule has 27 heavy (non-hydrogen) atoms. The van der Waals surface area contributed by atoms with Gasteiger partial charge in [0.05, 0.1) is 18.3 Å². The van der Waals surface area contributed by atoms with Gasteiger partial charge in [-0.1, -0.05) is 0 Å². The van der Waals surface area contributed by atoms with Crippen LogP contribution in [0.25, 0.3) is 33.3 Å². The van der Waals surface area contributed by atoms with E-state index in [-0.39, 0.29) is 12.5 Å². The standard InChI is InChI=1S/C20H21N5O2/c1-20(2,11-26)24-19(27)12-4-5-17-13(8-12)14(10-25(17)3)16-9-22-18-15(23-16)6-7-21-18/h4-10,26H,11H2,1-3H3,(H,21,22)(H,24,27)/p+1. The van der Waals surface area contributed by atoms with Crippen LogP contribution in [0.5, 0.6) is 0 Å². The molecule has 0 unspecified atom stereocenters. The lowest BCUT2D eigenvalue weighted by molar-refractivity contribution is -0.347. The first-order valence-electron chi connectivity index (χ1n) is 8.76. The van der Waals surface area contributed by atoms with Gasteiger partial charge < -0.3 is 15.0 Å². The summed E-state index contributed by atoms with van der Waals surface area (Å²) in [4.78, 5) is 23.6. The molecule has 0 aliphatic carbocycles. The van der Waals surface area contributed by atoms with Gasteiger partial charge in [-0.3, -0.25) is 4.79 Å². The minimum Gasteiger partial charge on any atom is -0.394 e. The third-order valence-corrected chi connectivity index (χ3v) is 4.69. The van der Waals surface area contributed by atoms with Crippen molar-refractivity contribution >= 4 is 28.0 Å². The van der Waals surface area contributed by atoms with Gasteiger partial charge in [-0.25, -0.2) is 15.0 Å². The van der Waals surface area contributed by atoms with Gasteiger partial charge in [-0.15, -0.1) is 0 Å². The minimum absolute atomic E-state index is 0.131. The number of hydrogen-bond donors (Lipinski definition) is 3. The first-order valence-corrected chi connectivity index (χ1v) is 8.76. The molecule has 0 bridgehead atoms. The van der Waals surface area contributed by atoms with Crippen LogP contribution in [0.1, 0.15) is 24.2 Å². The Balaban J connectivity index is 1.81. The van der Waals surface area contributed by atoms with Crippen molar-refractivity contribution in [1.82, 2.24) is 19.9 Å². The van der Waals surface area contributed by atoms with Gasteiger partial charge in [0, 0.05) is 41.3 Å². The van der Waals surface area contributed by atoms with E-state index < -0.39 is 5.54 Å². The van der Waals surface area contributed by atoms with E-state index in [0.717, 1.165) is 33.3 Å². The van der Waals surface area contributed by atoms with Gasteiger partial charge in [-0.2, -0.15) is 0 Å². The molecule has 0 atom stereocenters. The van der Waals surface area contributed by atoms with E-state index >= 15 is 0 Å². The Morgan fingerprint density at radius 2 is 2.19 bits per heavy atom. The van der Waals surface area contributed by atoms with Gasteiger partial charge >= 0.3 is 5.65 Å². The lowest BCUT2D eigenvalue weighted by Gasteiger charge is -2.23. The van der Waals surface area contributed by atoms with Crippen LogP contribution < -0.4 is 10.3 Å². The second-order valence-electron chi connectivity index (χ2n) is 7.41. The molecular weight excluding hydrogens is 342 g/mol. The van der Waals surface area contributed by atoms with Crippen LogP contribution in [0.4, 0.5) is 0 Å². The zero-order chi connectivity index (χ0) is 19.2. The van der Waals surface area contributed by atoms with E-state index in [0.29, 0.717) is 5.56 Å². The highest BCUT2D eigenvalue weighted by Gasteiger charge is 2.21. The predicted molar refractivity (Wildman–Crippen MR) is 103 cm³/mol. The topological polar surface area (TPSA) is 97.1 Å². The van der Waals surface area contributed by atoms with Crippen molar-refractivity contribution < 1.29 is 14.9 Å². The largest absolute Gasteiger partial charge is 0.394 e. The molecule has 0 radical (unpaired) electrons. The Bertz CT molecular complexity index is 1160. The molecule has 0 saturated carbocycles. The zero-order valence-electron chi connectivity index (χ0n) is 15.5. The van der Waals surface area contributed by atoms with Gasteiger partial charge in [0.1, 0.15) is 11.9 Å². The zero-order valence-corrected chi connectivity index (χ0v) is 15.5. The van der Waals surface area contributed by atoms with Gasteiger partial charge in [0.2, 0.25) is 0 Å². The Morgan fingerprint density at radius 1 is 1.37 bits per heavy atom. The normalized spacial score (nSPS) is 12.0. The average molecular weight is 364 g/mol. The van der Waals surface area contributed by atoms with Crippen molar-refractivity contribution in [2.75, 3.05) is 6.61 Å². The Labute approximate surface area is 156 Å². The molecule has 3 heterocycles. The molecule has 138 valence electrons. The summed E-state index contributed by atoms with van der Waals surface area (Å²) in [6.45, 7) is 3.43. The fourth-order valence-electron chi connectivity index (χ4n) is 3.17. The molecular formula is C20H22N5O2+. The van der Waals surface area contributed by atoms with Gasteiger partial charge in [-0.05, 0) is 32.0 Å². The number of nitrogens with one attached hydrogen (secondary N) is 3. The van der Waals surface area contributed by atoms with Crippen LogP contribution in [-0.4, -0.2) is 37.7 Å². The number of aliphatic hydroxyl groups excluding tert-OH is 1. The Kier molecular flexibility index (Phi) is 3.96. The Morgan fingerprint density at radius 3 is 2.96 bits per heavy atom. The number of benzene rings is 1. The second kappa shape index (κ2) is 6.21. The number of aromatic nitrogens is 4. The fraction of sp³-hybridized carbons (Fsp3) is 0.250. The predicted octanol–water partition coefficient (Wildman–Crippen LogP) is 2.04. The molecule has 1 amide bonds. The van der Waals surface area contributed by atoms with E-state index in [1.165, 1.54) is 0 Å². The average Bonchev–Trinajstić information content (AvgIpc) is 3.25. The Hall–Kier alpha value is -3.19. The summed E-state index contributed by atoms with van der Waals surface area (Å²) in [6.07, 6.45) is 5.71. The van der Waals surface area contributed by atoms with E-state index in [2.05, 4.69) is 15.3 Å². The highest BCUT2D eigenvalue weighted by atomic mass is 16.3. The molecule has 4 aromatic rings. The van der Waals surface area contributed by atoms with Crippen molar-refractivity contribution in [1.29, 1.82) is 0 Å². The van der Waals surface area contributed by atoms with E-state index in [9.17, 15) is 9.90 Å². The highest BCUT2D eigenvalue weighted by Crippen LogP contribution is 2.30. The maximum atomic E-state index is 12.6. The summed E-state index contributed by atoms with van der Waals surface area (Å²) in [6, 6.07) is 7.51.